The average molecular weight is 421 g/mol. The van der Waals surface area contributed by atoms with Crippen LogP contribution in [0.3, 0.4) is 0 Å². The predicted molar refractivity (Wildman–Crippen MR) is 113 cm³/mol. The number of carbonyl (C=O) groups is 1. The van der Waals surface area contributed by atoms with Gasteiger partial charge in [-0.25, -0.2) is 0 Å². The molecule has 0 aliphatic rings. The molecule has 2 rings (SSSR count). The van der Waals surface area contributed by atoms with E-state index in [2.05, 4.69) is 60.4 Å². The number of nitrogens with one attached hydrogen (secondary N) is 2. The van der Waals surface area contributed by atoms with E-state index >= 15 is 0 Å². The minimum atomic E-state index is -2.93. The van der Waals surface area contributed by atoms with Crippen molar-refractivity contribution < 1.29 is 23.0 Å². The highest BCUT2D eigenvalue weighted by molar-refractivity contribution is 5.78. The van der Waals surface area contributed by atoms with E-state index in [-0.39, 0.29) is 36.5 Å². The van der Waals surface area contributed by atoms with Gasteiger partial charge in [-0.15, -0.1) is 0 Å². The summed E-state index contributed by atoms with van der Waals surface area (Å²) in [6.07, 6.45) is 0.989. The Morgan fingerprint density at radius 1 is 1.03 bits per heavy atom. The van der Waals surface area contributed by atoms with Gasteiger partial charge in [0.25, 0.3) is 0 Å². The second kappa shape index (κ2) is 11.5. The Bertz CT molecular complexity index is 811. The van der Waals surface area contributed by atoms with Gasteiger partial charge in [-0.1, -0.05) is 51.1 Å². The molecule has 0 heterocycles. The van der Waals surface area contributed by atoms with E-state index in [4.69, 9.17) is 4.74 Å². The van der Waals surface area contributed by atoms with E-state index in [9.17, 15) is 13.6 Å². The fourth-order valence-electron chi connectivity index (χ4n) is 3.18. The Balaban J connectivity index is 1.91. The molecule has 2 aromatic carbocycles. The molecule has 0 spiro atoms. The van der Waals surface area contributed by atoms with Crippen molar-refractivity contribution in [1.29, 1.82) is 0 Å². The van der Waals surface area contributed by atoms with Gasteiger partial charge in [0.2, 0.25) is 5.91 Å². The van der Waals surface area contributed by atoms with Crippen molar-refractivity contribution in [1.82, 2.24) is 10.6 Å². The number of aryl methyl sites for hydroxylation is 1. The number of rotatable bonds is 11. The predicted octanol–water partition coefficient (Wildman–Crippen LogP) is 4.46. The van der Waals surface area contributed by atoms with Gasteiger partial charge in [-0.3, -0.25) is 4.79 Å². The minimum absolute atomic E-state index is 0.0434. The first kappa shape index (κ1) is 23.6. The molecule has 0 aromatic heterocycles. The van der Waals surface area contributed by atoms with Crippen molar-refractivity contribution in [2.75, 3.05) is 13.7 Å². The Morgan fingerprint density at radius 2 is 1.70 bits per heavy atom. The third kappa shape index (κ3) is 6.99. The summed E-state index contributed by atoms with van der Waals surface area (Å²) in [5.41, 5.74) is 3.14. The fraction of sp³-hybridized carbons (Fsp3) is 0.435. The first-order valence-electron chi connectivity index (χ1n) is 10.0. The molecule has 30 heavy (non-hydrogen) atoms. The van der Waals surface area contributed by atoms with Crippen molar-refractivity contribution in [2.24, 2.45) is 5.92 Å². The van der Waals surface area contributed by atoms with Gasteiger partial charge in [0.05, 0.1) is 13.7 Å². The standard InChI is InChI=1S/C23H30F2N2O3/c1-5-16-6-9-18(10-7-16)22(15(2)3)27-14-21(28)26-13-17-8-11-19(30-23(24)25)20(12-17)29-4/h6-12,15,22-23,27H,5,13-14H2,1-4H3,(H,26,28)/t22-/m1/s1. The maximum atomic E-state index is 12.4. The highest BCUT2D eigenvalue weighted by Crippen LogP contribution is 2.29. The molecule has 0 radical (unpaired) electrons. The van der Waals surface area contributed by atoms with Crippen LogP contribution in [0.1, 0.15) is 43.5 Å². The Morgan fingerprint density at radius 3 is 2.27 bits per heavy atom. The molecule has 0 saturated heterocycles. The number of halogens is 2. The van der Waals surface area contributed by atoms with Gasteiger partial charge in [0, 0.05) is 12.6 Å². The summed E-state index contributed by atoms with van der Waals surface area (Å²) in [5.74, 6) is 0.309. The summed E-state index contributed by atoms with van der Waals surface area (Å²) >= 11 is 0. The summed E-state index contributed by atoms with van der Waals surface area (Å²) in [4.78, 5) is 12.3. The topological polar surface area (TPSA) is 59.6 Å². The van der Waals surface area contributed by atoms with E-state index in [0.29, 0.717) is 5.92 Å². The highest BCUT2D eigenvalue weighted by atomic mass is 19.3. The zero-order valence-electron chi connectivity index (χ0n) is 17.9. The molecule has 0 aliphatic carbocycles. The van der Waals surface area contributed by atoms with Gasteiger partial charge in [-0.05, 0) is 41.2 Å². The average Bonchev–Trinajstić information content (AvgIpc) is 2.73. The molecular formula is C23H30F2N2O3. The molecule has 5 nitrogen and oxygen atoms in total. The van der Waals surface area contributed by atoms with Crippen LogP contribution >= 0.6 is 0 Å². The molecule has 0 bridgehead atoms. The van der Waals surface area contributed by atoms with E-state index in [1.165, 1.54) is 18.7 Å². The molecule has 1 amide bonds. The van der Waals surface area contributed by atoms with Crippen LogP contribution in [0.15, 0.2) is 42.5 Å². The van der Waals surface area contributed by atoms with Gasteiger partial charge >= 0.3 is 6.61 Å². The molecule has 2 N–H and O–H groups in total. The summed E-state index contributed by atoms with van der Waals surface area (Å²) in [5, 5.41) is 6.15. The lowest BCUT2D eigenvalue weighted by Gasteiger charge is -2.23. The van der Waals surface area contributed by atoms with Crippen LogP contribution in [0, 0.1) is 5.92 Å². The van der Waals surface area contributed by atoms with Crippen LogP contribution in [-0.4, -0.2) is 26.2 Å². The summed E-state index contributed by atoms with van der Waals surface area (Å²) < 4.78 is 34.3. The van der Waals surface area contributed by atoms with Crippen molar-refractivity contribution in [2.45, 2.75) is 46.4 Å². The molecule has 0 aliphatic heterocycles. The Labute approximate surface area is 176 Å². The number of amides is 1. The van der Waals surface area contributed by atoms with Crippen molar-refractivity contribution in [3.05, 3.63) is 59.2 Å². The van der Waals surface area contributed by atoms with Gasteiger partial charge < -0.3 is 20.1 Å². The number of carbonyl (C=O) groups excluding carboxylic acids is 1. The molecule has 164 valence electrons. The molecule has 0 unspecified atom stereocenters. The zero-order chi connectivity index (χ0) is 22.1. The van der Waals surface area contributed by atoms with Crippen LogP contribution in [0.5, 0.6) is 11.5 Å². The number of alkyl halides is 2. The maximum Gasteiger partial charge on any atom is 0.387 e. The largest absolute Gasteiger partial charge is 0.493 e. The first-order chi connectivity index (χ1) is 14.3. The van der Waals surface area contributed by atoms with Crippen molar-refractivity contribution >= 4 is 5.91 Å². The van der Waals surface area contributed by atoms with E-state index in [1.54, 1.807) is 12.1 Å². The summed E-state index contributed by atoms with van der Waals surface area (Å²) in [6, 6.07) is 13.1. The van der Waals surface area contributed by atoms with E-state index in [1.807, 2.05) is 0 Å². The second-order valence-corrected chi connectivity index (χ2v) is 7.34. The van der Waals surface area contributed by atoms with E-state index in [0.717, 1.165) is 17.5 Å². The monoisotopic (exact) mass is 420 g/mol. The number of benzene rings is 2. The molecule has 0 saturated carbocycles. The molecule has 7 heteroatoms. The van der Waals surface area contributed by atoms with Crippen LogP contribution in [-0.2, 0) is 17.8 Å². The lowest BCUT2D eigenvalue weighted by atomic mass is 9.95. The zero-order valence-corrected chi connectivity index (χ0v) is 17.9. The minimum Gasteiger partial charge on any atom is -0.493 e. The Kier molecular flexibility index (Phi) is 9.05. The van der Waals surface area contributed by atoms with Crippen LogP contribution in [0.2, 0.25) is 0 Å². The lowest BCUT2D eigenvalue weighted by Crippen LogP contribution is -2.37. The summed E-state index contributed by atoms with van der Waals surface area (Å²) in [6.45, 7) is 3.83. The lowest BCUT2D eigenvalue weighted by molar-refractivity contribution is -0.120. The third-order valence-corrected chi connectivity index (χ3v) is 4.83. The fourth-order valence-corrected chi connectivity index (χ4v) is 3.18. The Hall–Kier alpha value is -2.67. The maximum absolute atomic E-state index is 12.4. The summed E-state index contributed by atoms with van der Waals surface area (Å²) in [7, 11) is 1.37. The van der Waals surface area contributed by atoms with Gasteiger partial charge in [-0.2, -0.15) is 8.78 Å². The van der Waals surface area contributed by atoms with Crippen molar-refractivity contribution in [3.63, 3.8) is 0 Å². The van der Waals surface area contributed by atoms with Gasteiger partial charge in [0.1, 0.15) is 0 Å². The van der Waals surface area contributed by atoms with Crippen LogP contribution < -0.4 is 20.1 Å². The highest BCUT2D eigenvalue weighted by Gasteiger charge is 2.17. The number of ether oxygens (including phenoxy) is 2. The molecule has 2 aromatic rings. The second-order valence-electron chi connectivity index (χ2n) is 7.34. The number of hydrogen-bond acceptors (Lipinski definition) is 4. The number of methoxy groups -OCH3 is 1. The normalized spacial score (nSPS) is 12.1. The van der Waals surface area contributed by atoms with Crippen LogP contribution in [0.25, 0.3) is 0 Å². The molecule has 1 atom stereocenters. The smallest absolute Gasteiger partial charge is 0.387 e. The van der Waals surface area contributed by atoms with Gasteiger partial charge in [0.15, 0.2) is 11.5 Å². The first-order valence-corrected chi connectivity index (χ1v) is 10.0. The SMILES string of the molecule is CCc1ccc([C@H](NCC(=O)NCc2ccc(OC(F)F)c(OC)c2)C(C)C)cc1. The van der Waals surface area contributed by atoms with Crippen molar-refractivity contribution in [3.8, 4) is 11.5 Å². The van der Waals surface area contributed by atoms with Crippen LogP contribution in [0.4, 0.5) is 8.78 Å². The quantitative estimate of drug-likeness (QED) is 0.563. The molecular weight excluding hydrogens is 390 g/mol. The van der Waals surface area contributed by atoms with E-state index < -0.39 is 6.61 Å². The molecule has 0 fully saturated rings. The number of hydrogen-bond donors (Lipinski definition) is 2. The third-order valence-electron chi connectivity index (χ3n) is 4.83.